The number of hydrogen-bond donors (Lipinski definition) is 0. The first kappa shape index (κ1) is 13.0. The normalized spacial score (nSPS) is 13.1. The van der Waals surface area contributed by atoms with Crippen LogP contribution in [0.15, 0.2) is 19.5 Å². The van der Waals surface area contributed by atoms with E-state index in [-0.39, 0.29) is 0 Å². The van der Waals surface area contributed by atoms with Crippen LogP contribution in [0.4, 0.5) is 0 Å². The summed E-state index contributed by atoms with van der Waals surface area (Å²) in [6.45, 7) is 1.72. The topological polar surface area (TPSA) is 87.8 Å². The molecule has 1 unspecified atom stereocenters. The highest BCUT2D eigenvalue weighted by atomic mass is 79.9. The number of halogens is 1. The van der Waals surface area contributed by atoms with Crippen LogP contribution in [-0.4, -0.2) is 30.9 Å². The Morgan fingerprint density at radius 2 is 2.21 bits per heavy atom. The highest BCUT2D eigenvalue weighted by Crippen LogP contribution is 2.36. The minimum Gasteiger partial charge on any atom is -0.610 e. The van der Waals surface area contributed by atoms with Crippen LogP contribution in [0, 0.1) is 6.92 Å². The highest BCUT2D eigenvalue weighted by molar-refractivity contribution is 9.10. The van der Waals surface area contributed by atoms with Crippen LogP contribution in [0.3, 0.4) is 0 Å². The van der Waals surface area contributed by atoms with Crippen LogP contribution in [0.1, 0.15) is 5.89 Å². The van der Waals surface area contributed by atoms with E-state index in [9.17, 15) is 4.55 Å². The van der Waals surface area contributed by atoms with Gasteiger partial charge < -0.3 is 9.08 Å². The zero-order chi connectivity index (χ0) is 13.6. The smallest absolute Gasteiger partial charge is 0.303 e. The largest absolute Gasteiger partial charge is 0.610 e. The van der Waals surface area contributed by atoms with Crippen molar-refractivity contribution in [2.24, 2.45) is 0 Å². The summed E-state index contributed by atoms with van der Waals surface area (Å²) in [4.78, 5) is 12.7. The predicted octanol–water partition coefficient (Wildman–Crippen LogP) is 2.55. The molecule has 0 aliphatic heterocycles. The lowest BCUT2D eigenvalue weighted by molar-refractivity contribution is 0.394. The number of fused-ring (bicyclic) bond motifs is 1. The molecule has 0 saturated carbocycles. The number of pyridine rings is 1. The fourth-order valence-corrected chi connectivity index (χ4v) is 3.91. The molecule has 0 aliphatic carbocycles. The number of nitrogens with zero attached hydrogens (tertiary/aromatic N) is 4. The minimum absolute atomic E-state index is 0.467. The summed E-state index contributed by atoms with van der Waals surface area (Å²) in [5, 5.41) is 3.91. The van der Waals surface area contributed by atoms with E-state index in [0.717, 1.165) is 14.7 Å². The Kier molecular flexibility index (Phi) is 3.29. The molecule has 0 radical (unpaired) electrons. The molecule has 3 aromatic rings. The van der Waals surface area contributed by atoms with E-state index in [1.807, 2.05) is 0 Å². The molecular formula is C10H7BrN4O2S2. The third-order valence-electron chi connectivity index (χ3n) is 2.35. The van der Waals surface area contributed by atoms with E-state index in [1.54, 1.807) is 19.4 Å². The zero-order valence-electron chi connectivity index (χ0n) is 9.88. The molecule has 0 bridgehead atoms. The Hall–Kier alpha value is -1.03. The van der Waals surface area contributed by atoms with Crippen molar-refractivity contribution in [1.82, 2.24) is 20.1 Å². The summed E-state index contributed by atoms with van der Waals surface area (Å²) in [6, 6.07) is 0. The van der Waals surface area contributed by atoms with Crippen LogP contribution < -0.4 is 0 Å². The molecule has 0 aliphatic rings. The second-order valence-corrected chi connectivity index (χ2v) is 7.11. The van der Waals surface area contributed by atoms with Crippen LogP contribution >= 0.6 is 27.3 Å². The van der Waals surface area contributed by atoms with Gasteiger partial charge in [-0.15, -0.1) is 0 Å². The third kappa shape index (κ3) is 2.27. The predicted molar refractivity (Wildman–Crippen MR) is 75.5 cm³/mol. The van der Waals surface area contributed by atoms with E-state index in [2.05, 4.69) is 36.0 Å². The summed E-state index contributed by atoms with van der Waals surface area (Å²) in [7, 11) is 0. The molecule has 0 fully saturated rings. The molecule has 9 heteroatoms. The molecule has 1 atom stereocenters. The molecule has 0 amide bonds. The van der Waals surface area contributed by atoms with Crippen molar-refractivity contribution in [3.8, 4) is 11.4 Å². The Balaban J connectivity index is 2.30. The van der Waals surface area contributed by atoms with Gasteiger partial charge >= 0.3 is 4.34 Å². The van der Waals surface area contributed by atoms with Crippen LogP contribution in [-0.2, 0) is 11.2 Å². The molecule has 3 aromatic heterocycles. The van der Waals surface area contributed by atoms with Gasteiger partial charge in [-0.1, -0.05) is 16.5 Å². The van der Waals surface area contributed by atoms with Gasteiger partial charge in [0.15, 0.2) is 5.65 Å². The van der Waals surface area contributed by atoms with Gasteiger partial charge in [-0.05, 0) is 15.9 Å². The van der Waals surface area contributed by atoms with Gasteiger partial charge in [0.25, 0.3) is 0 Å². The lowest BCUT2D eigenvalue weighted by atomic mass is 10.2. The second-order valence-electron chi connectivity index (χ2n) is 3.70. The van der Waals surface area contributed by atoms with Crippen molar-refractivity contribution in [3.63, 3.8) is 0 Å². The number of rotatable bonds is 2. The van der Waals surface area contributed by atoms with E-state index >= 15 is 0 Å². The van der Waals surface area contributed by atoms with Crippen molar-refractivity contribution in [2.75, 3.05) is 6.26 Å². The molecule has 6 nitrogen and oxygen atoms in total. The molecular weight excluding hydrogens is 352 g/mol. The van der Waals surface area contributed by atoms with Crippen molar-refractivity contribution >= 4 is 48.8 Å². The summed E-state index contributed by atoms with van der Waals surface area (Å²) < 4.78 is 18.6. The van der Waals surface area contributed by atoms with Gasteiger partial charge in [-0.3, -0.25) is 0 Å². The second kappa shape index (κ2) is 4.82. The Morgan fingerprint density at radius 1 is 1.42 bits per heavy atom. The fraction of sp³-hybridized carbons (Fsp3) is 0.200. The maximum Gasteiger partial charge on any atom is 0.303 e. The molecule has 0 spiro atoms. The summed E-state index contributed by atoms with van der Waals surface area (Å²) in [5.41, 5.74) is 1.30. The molecule has 98 valence electrons. The number of thiazole rings is 1. The Bertz CT molecular complexity index is 755. The maximum atomic E-state index is 11.5. The van der Waals surface area contributed by atoms with Crippen LogP contribution in [0.25, 0.3) is 21.7 Å². The first-order valence-corrected chi connectivity index (χ1v) is 8.32. The average Bonchev–Trinajstić information content (AvgIpc) is 2.95. The van der Waals surface area contributed by atoms with Gasteiger partial charge in [0.05, 0.1) is 10.3 Å². The lowest BCUT2D eigenvalue weighted by Crippen LogP contribution is -1.95. The van der Waals surface area contributed by atoms with Crippen molar-refractivity contribution in [1.29, 1.82) is 0 Å². The van der Waals surface area contributed by atoms with Crippen molar-refractivity contribution in [2.45, 2.75) is 11.3 Å². The van der Waals surface area contributed by atoms with Gasteiger partial charge in [-0.2, -0.15) is 9.97 Å². The van der Waals surface area contributed by atoms with E-state index in [0.29, 0.717) is 21.7 Å². The fourth-order valence-electron chi connectivity index (χ4n) is 1.57. The third-order valence-corrected chi connectivity index (χ3v) is 5.35. The molecule has 19 heavy (non-hydrogen) atoms. The molecule has 0 aromatic carbocycles. The zero-order valence-corrected chi connectivity index (χ0v) is 13.1. The number of hydrogen-bond acceptors (Lipinski definition) is 7. The molecule has 0 saturated heterocycles. The summed E-state index contributed by atoms with van der Waals surface area (Å²) in [5.74, 6) is 0.949. The van der Waals surface area contributed by atoms with E-state index in [1.165, 1.54) is 11.3 Å². The summed E-state index contributed by atoms with van der Waals surface area (Å²) in [6.07, 6.45) is 3.22. The number of aromatic nitrogens is 4. The number of aryl methyl sites for hydroxylation is 1. The SMILES string of the molecule is Cc1nc(-c2c(Br)cnc3nc([S+](C)[O-])sc23)no1. The Morgan fingerprint density at radius 3 is 2.84 bits per heavy atom. The minimum atomic E-state index is -1.14. The monoisotopic (exact) mass is 358 g/mol. The maximum absolute atomic E-state index is 11.5. The van der Waals surface area contributed by atoms with Gasteiger partial charge in [0.2, 0.25) is 11.7 Å². The van der Waals surface area contributed by atoms with Crippen LogP contribution in [0.5, 0.6) is 0 Å². The molecule has 3 heterocycles. The molecule has 3 rings (SSSR count). The Labute approximate surface area is 123 Å². The van der Waals surface area contributed by atoms with Crippen LogP contribution in [0.2, 0.25) is 0 Å². The van der Waals surface area contributed by atoms with Crippen molar-refractivity contribution in [3.05, 3.63) is 16.6 Å². The van der Waals surface area contributed by atoms with Crippen molar-refractivity contribution < 1.29 is 9.08 Å². The van der Waals surface area contributed by atoms with Gasteiger partial charge in [0.1, 0.15) is 6.26 Å². The highest BCUT2D eigenvalue weighted by Gasteiger charge is 2.21. The first-order valence-electron chi connectivity index (χ1n) is 5.15. The lowest BCUT2D eigenvalue weighted by Gasteiger charge is -1.98. The van der Waals surface area contributed by atoms with E-state index < -0.39 is 11.2 Å². The van der Waals surface area contributed by atoms with Gasteiger partial charge in [-0.25, -0.2) is 4.98 Å². The quantitative estimate of drug-likeness (QED) is 0.654. The molecule has 0 N–H and O–H groups in total. The average molecular weight is 359 g/mol. The van der Waals surface area contributed by atoms with Gasteiger partial charge in [0, 0.05) is 28.8 Å². The standard InChI is InChI=1S/C10H7BrN4O2S2/c1-4-13-8(15-17-4)6-5(11)3-12-9-7(6)18-10(14-9)19(2)16/h3H,1-2H3. The first-order chi connectivity index (χ1) is 9.06. The summed E-state index contributed by atoms with van der Waals surface area (Å²) >= 11 is 3.61. The van der Waals surface area contributed by atoms with E-state index in [4.69, 9.17) is 4.52 Å².